The Morgan fingerprint density at radius 3 is 2.77 bits per heavy atom. The summed E-state index contributed by atoms with van der Waals surface area (Å²) in [5.74, 6) is 2.97. The molecule has 1 aromatic heterocycles. The van der Waals surface area contributed by atoms with Crippen LogP contribution >= 0.6 is 0 Å². The summed E-state index contributed by atoms with van der Waals surface area (Å²) < 4.78 is 5.56. The molecule has 0 radical (unpaired) electrons. The first-order chi connectivity index (χ1) is 12.4. The van der Waals surface area contributed by atoms with Crippen molar-refractivity contribution in [3.05, 3.63) is 23.2 Å². The van der Waals surface area contributed by atoms with E-state index < -0.39 is 5.60 Å². The fourth-order valence-corrected chi connectivity index (χ4v) is 3.67. The van der Waals surface area contributed by atoms with E-state index in [0.717, 1.165) is 49.2 Å². The first kappa shape index (κ1) is 20.8. The predicted octanol–water partition coefficient (Wildman–Crippen LogP) is 2.39. The molecule has 2 atom stereocenters. The minimum absolute atomic E-state index is 0.286. The number of aliphatic hydroxyl groups is 1. The Morgan fingerprint density at radius 2 is 2.15 bits per heavy atom. The maximum absolute atomic E-state index is 10.9. The van der Waals surface area contributed by atoms with Crippen molar-refractivity contribution in [1.82, 2.24) is 15.5 Å². The summed E-state index contributed by atoms with van der Waals surface area (Å²) >= 11 is 0. The van der Waals surface area contributed by atoms with E-state index in [1.54, 1.807) is 6.92 Å². The molecule has 6 heteroatoms. The Balaban J connectivity index is 1.96. The second kappa shape index (κ2) is 9.42. The Bertz CT molecular complexity index is 595. The van der Waals surface area contributed by atoms with Gasteiger partial charge in [0.1, 0.15) is 17.1 Å². The minimum Gasteiger partial charge on any atom is -0.466 e. The van der Waals surface area contributed by atoms with Gasteiger partial charge in [0, 0.05) is 25.2 Å². The summed E-state index contributed by atoms with van der Waals surface area (Å²) in [5, 5.41) is 17.6. The molecule has 1 aliphatic heterocycles. The summed E-state index contributed by atoms with van der Waals surface area (Å²) in [4.78, 5) is 7.13. The van der Waals surface area contributed by atoms with Crippen LogP contribution in [0.15, 0.2) is 15.5 Å². The highest BCUT2D eigenvalue weighted by atomic mass is 16.3. The van der Waals surface area contributed by atoms with Crippen LogP contribution in [0.5, 0.6) is 0 Å². The summed E-state index contributed by atoms with van der Waals surface area (Å²) in [5.41, 5.74) is -0.242. The van der Waals surface area contributed by atoms with Gasteiger partial charge in [0.05, 0.1) is 6.54 Å². The average Bonchev–Trinajstić information content (AvgIpc) is 2.97. The first-order valence-electron chi connectivity index (χ1n) is 9.90. The van der Waals surface area contributed by atoms with E-state index in [9.17, 15) is 5.11 Å². The van der Waals surface area contributed by atoms with Crippen molar-refractivity contribution in [1.29, 1.82) is 0 Å². The summed E-state index contributed by atoms with van der Waals surface area (Å²) in [7, 11) is 0. The number of aliphatic imine (C=N–C) groups is 1. The Morgan fingerprint density at radius 1 is 1.38 bits per heavy atom. The third-order valence-electron chi connectivity index (χ3n) is 5.12. The first-order valence-corrected chi connectivity index (χ1v) is 9.90. The lowest BCUT2D eigenvalue weighted by atomic mass is 9.96. The molecule has 1 aliphatic rings. The molecule has 1 saturated heterocycles. The van der Waals surface area contributed by atoms with Gasteiger partial charge >= 0.3 is 0 Å². The van der Waals surface area contributed by atoms with Crippen molar-refractivity contribution in [3.8, 4) is 0 Å². The molecule has 2 heterocycles. The van der Waals surface area contributed by atoms with E-state index in [2.05, 4.69) is 34.4 Å². The number of hydrogen-bond acceptors (Lipinski definition) is 4. The van der Waals surface area contributed by atoms with E-state index in [4.69, 9.17) is 4.42 Å². The van der Waals surface area contributed by atoms with Gasteiger partial charge < -0.3 is 25.1 Å². The molecule has 3 N–H and O–H groups in total. The van der Waals surface area contributed by atoms with Crippen molar-refractivity contribution in [2.45, 2.75) is 53.1 Å². The molecule has 6 nitrogen and oxygen atoms in total. The molecule has 2 unspecified atom stereocenters. The SMILES string of the molecule is CCNC(=NCC(C)(O)c1cc(C)oc1C)NCC1CCCN(CC)C1. The second-order valence-electron chi connectivity index (χ2n) is 7.58. The number of nitrogens with zero attached hydrogens (tertiary/aromatic N) is 2. The minimum atomic E-state index is -1.05. The third-order valence-corrected chi connectivity index (χ3v) is 5.12. The maximum Gasteiger partial charge on any atom is 0.191 e. The van der Waals surface area contributed by atoms with E-state index in [0.29, 0.717) is 5.92 Å². The van der Waals surface area contributed by atoms with Crippen LogP contribution in [0.2, 0.25) is 0 Å². The lowest BCUT2D eigenvalue weighted by molar-refractivity contribution is 0.0656. The van der Waals surface area contributed by atoms with E-state index in [1.165, 1.54) is 19.4 Å². The predicted molar refractivity (Wildman–Crippen MR) is 107 cm³/mol. The zero-order valence-electron chi connectivity index (χ0n) is 17.1. The maximum atomic E-state index is 10.9. The number of piperidine rings is 1. The normalized spacial score (nSPS) is 21.5. The molecular weight excluding hydrogens is 328 g/mol. The van der Waals surface area contributed by atoms with Crippen LogP contribution in [0.1, 0.15) is 50.7 Å². The fourth-order valence-electron chi connectivity index (χ4n) is 3.67. The number of furan rings is 1. The molecule has 2 rings (SSSR count). The van der Waals surface area contributed by atoms with Crippen LogP contribution in [0.3, 0.4) is 0 Å². The van der Waals surface area contributed by atoms with Crippen LogP contribution in [-0.4, -0.2) is 55.2 Å². The monoisotopic (exact) mass is 364 g/mol. The molecule has 0 amide bonds. The lowest BCUT2D eigenvalue weighted by Crippen LogP contribution is -2.44. The molecule has 0 saturated carbocycles. The van der Waals surface area contributed by atoms with Crippen LogP contribution in [-0.2, 0) is 5.60 Å². The molecule has 0 spiro atoms. The van der Waals surface area contributed by atoms with Crippen LogP contribution < -0.4 is 10.6 Å². The van der Waals surface area contributed by atoms with Crippen LogP contribution in [0, 0.1) is 19.8 Å². The highest BCUT2D eigenvalue weighted by molar-refractivity contribution is 5.79. The number of nitrogens with one attached hydrogen (secondary N) is 2. The van der Waals surface area contributed by atoms with Gasteiger partial charge in [0.2, 0.25) is 0 Å². The smallest absolute Gasteiger partial charge is 0.191 e. The van der Waals surface area contributed by atoms with Gasteiger partial charge in [-0.1, -0.05) is 6.92 Å². The average molecular weight is 365 g/mol. The lowest BCUT2D eigenvalue weighted by Gasteiger charge is -2.32. The Labute approximate surface area is 158 Å². The summed E-state index contributed by atoms with van der Waals surface area (Å²) in [6, 6.07) is 1.90. The van der Waals surface area contributed by atoms with Gasteiger partial charge in [-0.25, -0.2) is 4.99 Å². The third kappa shape index (κ3) is 5.74. The molecule has 0 aliphatic carbocycles. The van der Waals surface area contributed by atoms with E-state index in [1.807, 2.05) is 19.9 Å². The van der Waals surface area contributed by atoms with E-state index >= 15 is 0 Å². The zero-order chi connectivity index (χ0) is 19.2. The van der Waals surface area contributed by atoms with Gasteiger partial charge in [-0.05, 0) is 65.6 Å². The van der Waals surface area contributed by atoms with E-state index in [-0.39, 0.29) is 6.54 Å². The molecule has 148 valence electrons. The summed E-state index contributed by atoms with van der Waals surface area (Å²) in [6.45, 7) is 15.3. The molecule has 1 aromatic rings. The van der Waals surface area contributed by atoms with Gasteiger partial charge in [-0.15, -0.1) is 0 Å². The second-order valence-corrected chi connectivity index (χ2v) is 7.58. The molecule has 0 aromatic carbocycles. The van der Waals surface area contributed by atoms with Gasteiger partial charge in [-0.2, -0.15) is 0 Å². The van der Waals surface area contributed by atoms with Crippen LogP contribution in [0.25, 0.3) is 0 Å². The van der Waals surface area contributed by atoms with Crippen molar-refractivity contribution in [2.75, 3.05) is 39.3 Å². The number of guanidine groups is 1. The fraction of sp³-hybridized carbons (Fsp3) is 0.750. The zero-order valence-corrected chi connectivity index (χ0v) is 17.1. The Hall–Kier alpha value is -1.53. The van der Waals surface area contributed by atoms with Crippen LogP contribution in [0.4, 0.5) is 0 Å². The largest absolute Gasteiger partial charge is 0.466 e. The van der Waals surface area contributed by atoms with Crippen molar-refractivity contribution < 1.29 is 9.52 Å². The van der Waals surface area contributed by atoms with Crippen molar-refractivity contribution in [3.63, 3.8) is 0 Å². The summed E-state index contributed by atoms with van der Waals surface area (Å²) in [6.07, 6.45) is 2.52. The highest BCUT2D eigenvalue weighted by Crippen LogP contribution is 2.27. The topological polar surface area (TPSA) is 73.0 Å². The van der Waals surface area contributed by atoms with Gasteiger partial charge in [0.25, 0.3) is 0 Å². The quantitative estimate of drug-likeness (QED) is 0.512. The standard InChI is InChI=1S/C20H36N4O2/c1-6-21-19(22-12-17-9-8-10-24(7-2)13-17)23-14-20(5,25)18-11-15(3)26-16(18)4/h11,17,25H,6-10,12-14H2,1-5H3,(H2,21,22,23). The number of rotatable bonds is 7. The highest BCUT2D eigenvalue weighted by Gasteiger charge is 2.27. The number of hydrogen-bond donors (Lipinski definition) is 3. The van der Waals surface area contributed by atoms with Gasteiger partial charge in [-0.3, -0.25) is 0 Å². The molecule has 1 fully saturated rings. The molecule has 0 bridgehead atoms. The van der Waals surface area contributed by atoms with Crippen molar-refractivity contribution >= 4 is 5.96 Å². The molecular formula is C20H36N4O2. The Kier molecular flexibility index (Phi) is 7.53. The number of aryl methyl sites for hydroxylation is 2. The number of likely N-dealkylation sites (tertiary alicyclic amines) is 1. The van der Waals surface area contributed by atoms with Crippen molar-refractivity contribution in [2.24, 2.45) is 10.9 Å². The van der Waals surface area contributed by atoms with Gasteiger partial charge in [0.15, 0.2) is 5.96 Å². The molecule has 26 heavy (non-hydrogen) atoms.